The van der Waals surface area contributed by atoms with Crippen LogP contribution in [0.15, 0.2) is 77.5 Å². The van der Waals surface area contributed by atoms with Gasteiger partial charge in [0.2, 0.25) is 0 Å². The molecular formula is C24H26ClN3O2. The molecule has 0 aliphatic carbocycles. The number of pyridine rings is 1. The Kier molecular flexibility index (Phi) is 7.71. The van der Waals surface area contributed by atoms with E-state index in [-0.39, 0.29) is 12.4 Å². The molecule has 0 saturated heterocycles. The third kappa shape index (κ3) is 5.32. The Morgan fingerprint density at radius 1 is 0.967 bits per heavy atom. The minimum Gasteiger partial charge on any atom is -0.497 e. The van der Waals surface area contributed by atoms with E-state index in [0.717, 1.165) is 65.3 Å². The van der Waals surface area contributed by atoms with Crippen LogP contribution in [0.1, 0.15) is 12.2 Å². The van der Waals surface area contributed by atoms with Crippen molar-refractivity contribution in [1.82, 2.24) is 10.3 Å². The summed E-state index contributed by atoms with van der Waals surface area (Å²) in [6, 6.07) is 20.4. The summed E-state index contributed by atoms with van der Waals surface area (Å²) >= 11 is 0. The molecular weight excluding hydrogens is 398 g/mol. The van der Waals surface area contributed by atoms with Gasteiger partial charge in [0, 0.05) is 23.8 Å². The van der Waals surface area contributed by atoms with Crippen molar-refractivity contribution in [1.29, 1.82) is 0 Å². The van der Waals surface area contributed by atoms with Crippen LogP contribution in [0.3, 0.4) is 0 Å². The number of fused-ring (bicyclic) bond motifs is 1. The monoisotopic (exact) mass is 423 g/mol. The quantitative estimate of drug-likeness (QED) is 0.347. The number of furan rings is 1. The number of ether oxygens (including phenoxy) is 1. The Balaban J connectivity index is 0.00000256. The van der Waals surface area contributed by atoms with E-state index in [2.05, 4.69) is 45.9 Å². The lowest BCUT2D eigenvalue weighted by molar-refractivity contribution is 0.415. The number of hydrogen-bond acceptors (Lipinski definition) is 5. The highest BCUT2D eigenvalue weighted by atomic mass is 35.5. The number of aromatic nitrogens is 1. The molecule has 30 heavy (non-hydrogen) atoms. The second-order valence-electron chi connectivity index (χ2n) is 6.86. The smallest absolute Gasteiger partial charge is 0.118 e. The first-order chi connectivity index (χ1) is 14.3. The van der Waals surface area contributed by atoms with E-state index in [1.54, 1.807) is 13.4 Å². The Bertz CT molecular complexity index is 1050. The van der Waals surface area contributed by atoms with Crippen LogP contribution in [0, 0.1) is 0 Å². The molecule has 0 unspecified atom stereocenters. The van der Waals surface area contributed by atoms with Crippen molar-refractivity contribution in [3.05, 3.63) is 78.9 Å². The Morgan fingerprint density at radius 3 is 2.57 bits per heavy atom. The highest BCUT2D eigenvalue weighted by Gasteiger charge is 2.05. The van der Waals surface area contributed by atoms with Crippen LogP contribution in [0.25, 0.3) is 22.0 Å². The second-order valence-corrected chi connectivity index (χ2v) is 6.86. The van der Waals surface area contributed by atoms with Gasteiger partial charge in [0.15, 0.2) is 0 Å². The summed E-state index contributed by atoms with van der Waals surface area (Å²) in [7, 11) is 1.68. The molecule has 0 atom stereocenters. The lowest BCUT2D eigenvalue weighted by atomic mass is 10.0. The molecule has 2 aromatic heterocycles. The molecule has 0 aliphatic rings. The summed E-state index contributed by atoms with van der Waals surface area (Å²) in [5, 5.41) is 8.06. The van der Waals surface area contributed by atoms with Crippen molar-refractivity contribution < 1.29 is 9.15 Å². The van der Waals surface area contributed by atoms with Crippen LogP contribution < -0.4 is 15.4 Å². The van der Waals surface area contributed by atoms with Crippen molar-refractivity contribution in [2.45, 2.75) is 13.0 Å². The molecule has 156 valence electrons. The SMILES string of the molecule is COc1ccc(-c2ccc3c(NCCCNCc4ccco4)ccnc3c2)cc1.Cl. The molecule has 2 heterocycles. The summed E-state index contributed by atoms with van der Waals surface area (Å²) in [5.74, 6) is 1.82. The maximum absolute atomic E-state index is 5.32. The van der Waals surface area contributed by atoms with Crippen LogP contribution in [0.4, 0.5) is 5.69 Å². The van der Waals surface area contributed by atoms with Gasteiger partial charge in [0.25, 0.3) is 0 Å². The highest BCUT2D eigenvalue weighted by molar-refractivity contribution is 5.93. The predicted octanol–water partition coefficient (Wildman–Crippen LogP) is 5.52. The first kappa shape index (κ1) is 21.7. The van der Waals surface area contributed by atoms with Crippen molar-refractivity contribution in [3.63, 3.8) is 0 Å². The Morgan fingerprint density at radius 2 is 1.80 bits per heavy atom. The first-order valence-electron chi connectivity index (χ1n) is 9.83. The molecule has 0 saturated carbocycles. The molecule has 4 rings (SSSR count). The zero-order valence-electron chi connectivity index (χ0n) is 16.9. The van der Waals surface area contributed by atoms with Gasteiger partial charge in [-0.05, 0) is 60.5 Å². The number of hydrogen-bond donors (Lipinski definition) is 2. The fraction of sp³-hybridized carbons (Fsp3) is 0.208. The van der Waals surface area contributed by atoms with Crippen molar-refractivity contribution in [2.75, 3.05) is 25.5 Å². The lowest BCUT2D eigenvalue weighted by Crippen LogP contribution is -2.17. The molecule has 0 amide bonds. The van der Waals surface area contributed by atoms with E-state index in [1.165, 1.54) is 0 Å². The Hall–Kier alpha value is -3.02. The normalized spacial score (nSPS) is 10.6. The molecule has 0 bridgehead atoms. The maximum atomic E-state index is 5.32. The van der Waals surface area contributed by atoms with Gasteiger partial charge in [-0.3, -0.25) is 4.98 Å². The van der Waals surface area contributed by atoms with Gasteiger partial charge in [-0.1, -0.05) is 24.3 Å². The second kappa shape index (κ2) is 10.7. The van der Waals surface area contributed by atoms with Crippen molar-refractivity contribution >= 4 is 29.0 Å². The fourth-order valence-corrected chi connectivity index (χ4v) is 3.33. The minimum atomic E-state index is 0. The molecule has 0 fully saturated rings. The summed E-state index contributed by atoms with van der Waals surface area (Å²) < 4.78 is 10.6. The van der Waals surface area contributed by atoms with Gasteiger partial charge in [-0.2, -0.15) is 0 Å². The van der Waals surface area contributed by atoms with Crippen LogP contribution >= 0.6 is 12.4 Å². The average molecular weight is 424 g/mol. The maximum Gasteiger partial charge on any atom is 0.118 e. The van der Waals surface area contributed by atoms with Crippen LogP contribution in [-0.4, -0.2) is 25.2 Å². The van der Waals surface area contributed by atoms with Crippen molar-refractivity contribution in [3.8, 4) is 16.9 Å². The topological polar surface area (TPSA) is 59.3 Å². The predicted molar refractivity (Wildman–Crippen MR) is 125 cm³/mol. The number of anilines is 1. The number of rotatable bonds is 9. The van der Waals surface area contributed by atoms with Gasteiger partial charge in [0.05, 0.1) is 25.4 Å². The van der Waals surface area contributed by atoms with Crippen molar-refractivity contribution in [2.24, 2.45) is 0 Å². The van der Waals surface area contributed by atoms with E-state index in [9.17, 15) is 0 Å². The molecule has 0 aliphatic heterocycles. The minimum absolute atomic E-state index is 0. The first-order valence-corrected chi connectivity index (χ1v) is 9.83. The van der Waals surface area contributed by atoms with Gasteiger partial charge in [0.1, 0.15) is 11.5 Å². The molecule has 2 N–H and O–H groups in total. The zero-order valence-corrected chi connectivity index (χ0v) is 17.7. The molecule has 4 aromatic rings. The number of benzene rings is 2. The van der Waals surface area contributed by atoms with Gasteiger partial charge in [-0.25, -0.2) is 0 Å². The largest absolute Gasteiger partial charge is 0.497 e. The number of nitrogens with one attached hydrogen (secondary N) is 2. The summed E-state index contributed by atoms with van der Waals surface area (Å²) in [5.41, 5.74) is 4.39. The third-order valence-corrected chi connectivity index (χ3v) is 4.89. The van der Waals surface area contributed by atoms with Gasteiger partial charge in [-0.15, -0.1) is 12.4 Å². The summed E-state index contributed by atoms with van der Waals surface area (Å²) in [6.07, 6.45) is 4.58. The van der Waals surface area contributed by atoms with E-state index >= 15 is 0 Å². The molecule has 6 heteroatoms. The molecule has 5 nitrogen and oxygen atoms in total. The highest BCUT2D eigenvalue weighted by Crippen LogP contribution is 2.28. The third-order valence-electron chi connectivity index (χ3n) is 4.89. The number of methoxy groups -OCH3 is 1. The fourth-order valence-electron chi connectivity index (χ4n) is 3.33. The Labute approximate surface area is 182 Å². The van der Waals surface area contributed by atoms with Gasteiger partial charge < -0.3 is 19.8 Å². The van der Waals surface area contributed by atoms with Crippen LogP contribution in [-0.2, 0) is 6.54 Å². The molecule has 0 spiro atoms. The average Bonchev–Trinajstić information content (AvgIpc) is 3.29. The van der Waals surface area contributed by atoms with Crippen LogP contribution in [0.2, 0.25) is 0 Å². The molecule has 2 aromatic carbocycles. The van der Waals surface area contributed by atoms with E-state index in [1.807, 2.05) is 36.5 Å². The number of halogens is 1. The van der Waals surface area contributed by atoms with E-state index < -0.39 is 0 Å². The van der Waals surface area contributed by atoms with Gasteiger partial charge >= 0.3 is 0 Å². The lowest BCUT2D eigenvalue weighted by Gasteiger charge is -2.11. The van der Waals surface area contributed by atoms with E-state index in [4.69, 9.17) is 9.15 Å². The zero-order chi connectivity index (χ0) is 19.9. The van der Waals surface area contributed by atoms with Crippen LogP contribution in [0.5, 0.6) is 5.75 Å². The number of nitrogens with zero attached hydrogens (tertiary/aromatic N) is 1. The van der Waals surface area contributed by atoms with E-state index in [0.29, 0.717) is 0 Å². The molecule has 0 radical (unpaired) electrons. The summed E-state index contributed by atoms with van der Waals surface area (Å²) in [4.78, 5) is 4.56. The standard InChI is InChI=1S/C24H25N3O2.ClH/c1-28-20-8-5-18(6-9-20)19-7-10-22-23(11-14-27-24(22)16-19)26-13-3-12-25-17-21-4-2-15-29-21;/h2,4-11,14-16,25H,3,12-13,17H2,1H3,(H,26,27);1H. The summed E-state index contributed by atoms with van der Waals surface area (Å²) in [6.45, 7) is 2.59.